The number of phenols is 1. The molecule has 5 nitrogen and oxygen atoms in total. The van der Waals surface area contributed by atoms with Gasteiger partial charge in [-0.25, -0.2) is 13.4 Å². The minimum Gasteiger partial charge on any atom is -0.508 e. The lowest BCUT2D eigenvalue weighted by molar-refractivity contribution is 0.375. The molecule has 0 radical (unpaired) electrons. The third-order valence-electron chi connectivity index (χ3n) is 3.60. The van der Waals surface area contributed by atoms with Gasteiger partial charge in [-0.2, -0.15) is 4.31 Å². The molecule has 2 heterocycles. The first-order chi connectivity index (χ1) is 9.95. The Labute approximate surface area is 127 Å². The predicted octanol–water partition coefficient (Wildman–Crippen LogP) is 2.05. The van der Waals surface area contributed by atoms with Crippen LogP contribution in [0.25, 0.3) is 0 Å². The summed E-state index contributed by atoms with van der Waals surface area (Å²) < 4.78 is 26.4. The Bertz CT molecular complexity index is 768. The van der Waals surface area contributed by atoms with Crippen molar-refractivity contribution >= 4 is 21.4 Å². The Hall–Kier alpha value is -1.44. The highest BCUT2D eigenvalue weighted by Crippen LogP contribution is 2.29. The number of hydrogen-bond acceptors (Lipinski definition) is 5. The first-order valence-corrected chi connectivity index (χ1v) is 9.13. The second-order valence-electron chi connectivity index (χ2n) is 5.11. The summed E-state index contributed by atoms with van der Waals surface area (Å²) >= 11 is 1.45. The number of sulfonamides is 1. The molecule has 21 heavy (non-hydrogen) atoms. The van der Waals surface area contributed by atoms with Gasteiger partial charge in [0.15, 0.2) is 0 Å². The average Bonchev–Trinajstić information content (AvgIpc) is 2.83. The van der Waals surface area contributed by atoms with Crippen LogP contribution >= 0.6 is 11.3 Å². The number of nitrogens with zero attached hydrogens (tertiary/aromatic N) is 2. The third kappa shape index (κ3) is 2.95. The summed E-state index contributed by atoms with van der Waals surface area (Å²) in [5.74, 6) is 0.0807. The van der Waals surface area contributed by atoms with Gasteiger partial charge >= 0.3 is 0 Å². The molecule has 112 valence electrons. The Balaban J connectivity index is 1.83. The maximum atomic E-state index is 12.5. The standard InChI is InChI=1S/C14H16N2O3S2/c1-10-15-12(8-20-10)9-21(18,19)16-6-5-11-3-2-4-14(17)13(11)7-16/h2-4,8,17H,5-7,9H2,1H3. The molecule has 3 rings (SSSR count). The number of aromatic hydroxyl groups is 1. The maximum Gasteiger partial charge on any atom is 0.220 e. The fraction of sp³-hybridized carbons (Fsp3) is 0.357. The van der Waals surface area contributed by atoms with Crippen molar-refractivity contribution in [2.45, 2.75) is 25.6 Å². The molecule has 0 saturated carbocycles. The van der Waals surface area contributed by atoms with Gasteiger partial charge in [-0.05, 0) is 25.0 Å². The van der Waals surface area contributed by atoms with Gasteiger partial charge in [-0.3, -0.25) is 0 Å². The molecule has 1 aromatic carbocycles. The zero-order chi connectivity index (χ0) is 15.0. The lowest BCUT2D eigenvalue weighted by atomic mass is 10.0. The molecular weight excluding hydrogens is 308 g/mol. The molecule has 7 heteroatoms. The van der Waals surface area contributed by atoms with Gasteiger partial charge in [0.05, 0.1) is 10.7 Å². The Kier molecular flexibility index (Phi) is 3.73. The van der Waals surface area contributed by atoms with Gasteiger partial charge in [0.25, 0.3) is 0 Å². The summed E-state index contributed by atoms with van der Waals surface area (Å²) in [6, 6.07) is 5.32. The highest BCUT2D eigenvalue weighted by molar-refractivity contribution is 7.88. The average molecular weight is 324 g/mol. The quantitative estimate of drug-likeness (QED) is 0.938. The molecule has 1 aliphatic rings. The fourth-order valence-electron chi connectivity index (χ4n) is 2.53. The van der Waals surface area contributed by atoms with Crippen LogP contribution in [0.5, 0.6) is 5.75 Å². The van der Waals surface area contributed by atoms with Crippen LogP contribution in [0.3, 0.4) is 0 Å². The molecule has 1 N–H and O–H groups in total. The number of fused-ring (bicyclic) bond motifs is 1. The van der Waals surface area contributed by atoms with Crippen LogP contribution in [0.4, 0.5) is 0 Å². The van der Waals surface area contributed by atoms with E-state index in [0.717, 1.165) is 10.6 Å². The molecular formula is C14H16N2O3S2. The fourth-order valence-corrected chi connectivity index (χ4v) is 4.65. The summed E-state index contributed by atoms with van der Waals surface area (Å²) in [7, 11) is -3.42. The van der Waals surface area contributed by atoms with Gasteiger partial charge < -0.3 is 5.11 Å². The highest BCUT2D eigenvalue weighted by atomic mass is 32.2. The summed E-state index contributed by atoms with van der Waals surface area (Å²) in [6.45, 7) is 2.53. The molecule has 0 saturated heterocycles. The Morgan fingerprint density at radius 3 is 2.95 bits per heavy atom. The lowest BCUT2D eigenvalue weighted by Gasteiger charge is -2.28. The number of rotatable bonds is 3. The normalized spacial score (nSPS) is 15.9. The second-order valence-corrected chi connectivity index (χ2v) is 8.14. The summed E-state index contributed by atoms with van der Waals surface area (Å²) in [5.41, 5.74) is 2.31. The first kappa shape index (κ1) is 14.5. The smallest absolute Gasteiger partial charge is 0.220 e. The number of thiazole rings is 1. The number of aromatic nitrogens is 1. The van der Waals surface area contributed by atoms with Crippen LogP contribution < -0.4 is 0 Å². The van der Waals surface area contributed by atoms with E-state index >= 15 is 0 Å². The summed E-state index contributed by atoms with van der Waals surface area (Å²) in [6.07, 6.45) is 0.624. The van der Waals surface area contributed by atoms with E-state index in [2.05, 4.69) is 4.98 Å². The van der Waals surface area contributed by atoms with E-state index in [1.807, 2.05) is 13.0 Å². The van der Waals surface area contributed by atoms with Crippen molar-refractivity contribution < 1.29 is 13.5 Å². The molecule has 0 unspecified atom stereocenters. The molecule has 0 bridgehead atoms. The number of phenolic OH excluding ortho intramolecular Hbond substituents is 1. The van der Waals surface area contributed by atoms with Crippen LogP contribution in [-0.2, 0) is 28.7 Å². The second kappa shape index (κ2) is 5.40. The van der Waals surface area contributed by atoms with E-state index in [9.17, 15) is 13.5 Å². The van der Waals surface area contributed by atoms with Crippen molar-refractivity contribution in [3.8, 4) is 5.75 Å². The van der Waals surface area contributed by atoms with Crippen molar-refractivity contribution in [1.82, 2.24) is 9.29 Å². The minimum absolute atomic E-state index is 0.0831. The molecule has 1 aromatic heterocycles. The zero-order valence-corrected chi connectivity index (χ0v) is 13.2. The summed E-state index contributed by atoms with van der Waals surface area (Å²) in [5, 5.41) is 12.5. The van der Waals surface area contributed by atoms with E-state index in [-0.39, 0.29) is 18.0 Å². The minimum atomic E-state index is -3.42. The van der Waals surface area contributed by atoms with E-state index < -0.39 is 10.0 Å². The molecule has 0 amide bonds. The van der Waals surface area contributed by atoms with Crippen molar-refractivity contribution in [3.05, 3.63) is 45.4 Å². The van der Waals surface area contributed by atoms with Crippen LogP contribution in [0.15, 0.2) is 23.6 Å². The van der Waals surface area contributed by atoms with Gasteiger partial charge in [0.1, 0.15) is 11.5 Å². The van der Waals surface area contributed by atoms with Crippen molar-refractivity contribution in [1.29, 1.82) is 0 Å². The number of hydrogen-bond donors (Lipinski definition) is 1. The van der Waals surface area contributed by atoms with Crippen LogP contribution in [0.2, 0.25) is 0 Å². The van der Waals surface area contributed by atoms with Crippen LogP contribution in [0.1, 0.15) is 21.8 Å². The maximum absolute atomic E-state index is 12.5. The van der Waals surface area contributed by atoms with E-state index in [0.29, 0.717) is 24.2 Å². The monoisotopic (exact) mass is 324 g/mol. The topological polar surface area (TPSA) is 70.5 Å². The lowest BCUT2D eigenvalue weighted by Crippen LogP contribution is -2.36. The van der Waals surface area contributed by atoms with Gasteiger partial charge in [-0.15, -0.1) is 11.3 Å². The van der Waals surface area contributed by atoms with Gasteiger partial charge in [0, 0.05) is 24.0 Å². The molecule has 2 aromatic rings. The molecule has 0 atom stereocenters. The third-order valence-corrected chi connectivity index (χ3v) is 6.18. The van der Waals surface area contributed by atoms with E-state index in [4.69, 9.17) is 0 Å². The SMILES string of the molecule is Cc1nc(CS(=O)(=O)N2CCc3cccc(O)c3C2)cs1. The Morgan fingerprint density at radius 1 is 1.43 bits per heavy atom. The van der Waals surface area contributed by atoms with Crippen LogP contribution in [0, 0.1) is 6.92 Å². The Morgan fingerprint density at radius 2 is 2.24 bits per heavy atom. The number of benzene rings is 1. The first-order valence-electron chi connectivity index (χ1n) is 6.64. The molecule has 1 aliphatic heterocycles. The number of aryl methyl sites for hydroxylation is 1. The summed E-state index contributed by atoms with van der Waals surface area (Å²) in [4.78, 5) is 4.22. The van der Waals surface area contributed by atoms with Crippen molar-refractivity contribution in [3.63, 3.8) is 0 Å². The zero-order valence-electron chi connectivity index (χ0n) is 11.6. The molecule has 0 spiro atoms. The van der Waals surface area contributed by atoms with Crippen LogP contribution in [-0.4, -0.2) is 29.4 Å². The van der Waals surface area contributed by atoms with Gasteiger partial charge in [-0.1, -0.05) is 12.1 Å². The molecule has 0 fully saturated rings. The largest absolute Gasteiger partial charge is 0.508 e. The predicted molar refractivity (Wildman–Crippen MR) is 81.7 cm³/mol. The molecule has 0 aliphatic carbocycles. The highest BCUT2D eigenvalue weighted by Gasteiger charge is 2.28. The van der Waals surface area contributed by atoms with Crippen molar-refractivity contribution in [2.75, 3.05) is 6.54 Å². The van der Waals surface area contributed by atoms with E-state index in [1.165, 1.54) is 15.6 Å². The van der Waals surface area contributed by atoms with E-state index in [1.54, 1.807) is 17.5 Å². The van der Waals surface area contributed by atoms with Gasteiger partial charge in [0.2, 0.25) is 10.0 Å². The van der Waals surface area contributed by atoms with Crippen molar-refractivity contribution in [2.24, 2.45) is 0 Å².